The Morgan fingerprint density at radius 1 is 1.17 bits per heavy atom. The van der Waals surface area contributed by atoms with Crippen molar-refractivity contribution in [1.82, 2.24) is 15.5 Å². The van der Waals surface area contributed by atoms with Crippen LogP contribution in [0.5, 0.6) is 0 Å². The van der Waals surface area contributed by atoms with Gasteiger partial charge in [-0.05, 0) is 33.3 Å². The SMILES string of the molecule is CCNC(=NCc1ccc(C)cc1)NCC(C)(C)N1CCOCC1. The van der Waals surface area contributed by atoms with Gasteiger partial charge in [0.2, 0.25) is 0 Å². The molecule has 2 N–H and O–H groups in total. The van der Waals surface area contributed by atoms with Gasteiger partial charge in [-0.2, -0.15) is 0 Å². The van der Waals surface area contributed by atoms with Gasteiger partial charge >= 0.3 is 0 Å². The summed E-state index contributed by atoms with van der Waals surface area (Å²) in [5.41, 5.74) is 2.58. The highest BCUT2D eigenvalue weighted by Crippen LogP contribution is 2.15. The molecule has 0 atom stereocenters. The van der Waals surface area contributed by atoms with Crippen LogP contribution in [-0.2, 0) is 11.3 Å². The first-order chi connectivity index (χ1) is 11.5. The standard InChI is InChI=1S/C19H32N4O/c1-5-20-18(21-14-17-8-6-16(2)7-9-17)22-15-19(3,4)23-10-12-24-13-11-23/h6-9H,5,10-15H2,1-4H3,(H2,20,21,22). The third-order valence-electron chi connectivity index (χ3n) is 4.44. The van der Waals surface area contributed by atoms with Gasteiger partial charge in [0.1, 0.15) is 0 Å². The molecule has 134 valence electrons. The summed E-state index contributed by atoms with van der Waals surface area (Å²) in [4.78, 5) is 7.19. The van der Waals surface area contributed by atoms with Gasteiger partial charge in [-0.15, -0.1) is 0 Å². The third kappa shape index (κ3) is 5.80. The molecule has 1 fully saturated rings. The van der Waals surface area contributed by atoms with E-state index in [4.69, 9.17) is 9.73 Å². The molecule has 2 rings (SSSR count). The largest absolute Gasteiger partial charge is 0.379 e. The average molecular weight is 332 g/mol. The molecular weight excluding hydrogens is 300 g/mol. The minimum Gasteiger partial charge on any atom is -0.379 e. The molecule has 0 amide bonds. The van der Waals surface area contributed by atoms with Crippen molar-refractivity contribution in [3.05, 3.63) is 35.4 Å². The first-order valence-electron chi connectivity index (χ1n) is 8.92. The highest BCUT2D eigenvalue weighted by atomic mass is 16.5. The Morgan fingerprint density at radius 3 is 2.46 bits per heavy atom. The number of rotatable bonds is 6. The summed E-state index contributed by atoms with van der Waals surface area (Å²) in [5.74, 6) is 0.874. The van der Waals surface area contributed by atoms with Gasteiger partial charge in [-0.1, -0.05) is 29.8 Å². The Balaban J connectivity index is 1.91. The number of aliphatic imine (C=N–C) groups is 1. The van der Waals surface area contributed by atoms with Gasteiger partial charge in [-0.3, -0.25) is 4.90 Å². The molecule has 24 heavy (non-hydrogen) atoms. The smallest absolute Gasteiger partial charge is 0.191 e. The topological polar surface area (TPSA) is 48.9 Å². The fraction of sp³-hybridized carbons (Fsp3) is 0.632. The van der Waals surface area contributed by atoms with Gasteiger partial charge < -0.3 is 15.4 Å². The molecule has 5 heteroatoms. The van der Waals surface area contributed by atoms with Gasteiger partial charge in [0.15, 0.2) is 5.96 Å². The van der Waals surface area contributed by atoms with Crippen molar-refractivity contribution in [2.24, 2.45) is 4.99 Å². The Labute approximate surface area is 146 Å². The van der Waals surface area contributed by atoms with Crippen LogP contribution in [0.2, 0.25) is 0 Å². The Bertz CT molecular complexity index is 519. The van der Waals surface area contributed by atoms with Crippen molar-refractivity contribution in [3.63, 3.8) is 0 Å². The highest BCUT2D eigenvalue weighted by Gasteiger charge is 2.28. The van der Waals surface area contributed by atoms with Crippen LogP contribution >= 0.6 is 0 Å². The van der Waals surface area contributed by atoms with E-state index in [0.717, 1.165) is 45.4 Å². The molecule has 1 aliphatic heterocycles. The number of guanidine groups is 1. The van der Waals surface area contributed by atoms with Crippen LogP contribution in [0.25, 0.3) is 0 Å². The first kappa shape index (κ1) is 18.7. The molecule has 0 saturated carbocycles. The number of ether oxygens (including phenoxy) is 1. The molecule has 0 radical (unpaired) electrons. The molecule has 1 heterocycles. The third-order valence-corrected chi connectivity index (χ3v) is 4.44. The molecule has 1 saturated heterocycles. The fourth-order valence-electron chi connectivity index (χ4n) is 2.79. The normalized spacial score (nSPS) is 16.9. The van der Waals surface area contributed by atoms with Crippen molar-refractivity contribution in [3.8, 4) is 0 Å². The van der Waals surface area contributed by atoms with Crippen LogP contribution < -0.4 is 10.6 Å². The molecule has 0 unspecified atom stereocenters. The lowest BCUT2D eigenvalue weighted by atomic mass is 10.0. The minimum absolute atomic E-state index is 0.0732. The van der Waals surface area contributed by atoms with E-state index in [9.17, 15) is 0 Å². The van der Waals surface area contributed by atoms with Crippen molar-refractivity contribution in [2.45, 2.75) is 39.8 Å². The van der Waals surface area contributed by atoms with Crippen molar-refractivity contribution < 1.29 is 4.74 Å². The molecule has 0 spiro atoms. The summed E-state index contributed by atoms with van der Waals surface area (Å²) in [7, 11) is 0. The van der Waals surface area contributed by atoms with Crippen LogP contribution in [0.4, 0.5) is 0 Å². The van der Waals surface area contributed by atoms with E-state index in [-0.39, 0.29) is 5.54 Å². The van der Waals surface area contributed by atoms with Crippen LogP contribution in [0, 0.1) is 6.92 Å². The van der Waals surface area contributed by atoms with Crippen molar-refractivity contribution in [2.75, 3.05) is 39.4 Å². The fourth-order valence-corrected chi connectivity index (χ4v) is 2.79. The number of morpholine rings is 1. The maximum Gasteiger partial charge on any atom is 0.191 e. The molecule has 1 aromatic carbocycles. The quantitative estimate of drug-likeness (QED) is 0.619. The number of nitrogens with one attached hydrogen (secondary N) is 2. The highest BCUT2D eigenvalue weighted by molar-refractivity contribution is 5.79. The molecule has 0 aromatic heterocycles. The predicted molar refractivity (Wildman–Crippen MR) is 100 cm³/mol. The summed E-state index contributed by atoms with van der Waals surface area (Å²) >= 11 is 0. The summed E-state index contributed by atoms with van der Waals surface area (Å²) in [5, 5.41) is 6.83. The second-order valence-electron chi connectivity index (χ2n) is 6.95. The van der Waals surface area contributed by atoms with Gasteiger partial charge in [0.05, 0.1) is 19.8 Å². The number of nitrogens with zero attached hydrogens (tertiary/aromatic N) is 2. The lowest BCUT2D eigenvalue weighted by Gasteiger charge is -2.41. The van der Waals surface area contributed by atoms with E-state index >= 15 is 0 Å². The van der Waals surface area contributed by atoms with Crippen LogP contribution in [-0.4, -0.2) is 55.8 Å². The van der Waals surface area contributed by atoms with Crippen LogP contribution in [0.1, 0.15) is 31.9 Å². The zero-order valence-electron chi connectivity index (χ0n) is 15.6. The molecule has 5 nitrogen and oxygen atoms in total. The van der Waals surface area contributed by atoms with Gasteiger partial charge in [0, 0.05) is 31.7 Å². The van der Waals surface area contributed by atoms with E-state index in [1.165, 1.54) is 11.1 Å². The lowest BCUT2D eigenvalue weighted by molar-refractivity contribution is -0.00834. The van der Waals surface area contributed by atoms with E-state index in [0.29, 0.717) is 6.54 Å². The Hall–Kier alpha value is -1.59. The van der Waals surface area contributed by atoms with E-state index in [2.05, 4.69) is 67.5 Å². The predicted octanol–water partition coefficient (Wildman–Crippen LogP) is 2.16. The molecular formula is C19H32N4O. The van der Waals surface area contributed by atoms with Crippen LogP contribution in [0.15, 0.2) is 29.3 Å². The van der Waals surface area contributed by atoms with Gasteiger partial charge in [0.25, 0.3) is 0 Å². The zero-order chi connectivity index (χ0) is 17.4. The number of hydrogen-bond acceptors (Lipinski definition) is 3. The number of hydrogen-bond donors (Lipinski definition) is 2. The van der Waals surface area contributed by atoms with E-state index in [1.807, 2.05) is 0 Å². The average Bonchev–Trinajstić information content (AvgIpc) is 2.59. The first-order valence-corrected chi connectivity index (χ1v) is 8.92. The van der Waals surface area contributed by atoms with Crippen molar-refractivity contribution >= 4 is 5.96 Å². The van der Waals surface area contributed by atoms with Crippen molar-refractivity contribution in [1.29, 1.82) is 0 Å². The van der Waals surface area contributed by atoms with Gasteiger partial charge in [-0.25, -0.2) is 4.99 Å². The Morgan fingerprint density at radius 2 is 1.83 bits per heavy atom. The summed E-state index contributed by atoms with van der Waals surface area (Å²) in [6, 6.07) is 8.54. The second kappa shape index (κ2) is 9.04. The summed E-state index contributed by atoms with van der Waals surface area (Å²) < 4.78 is 5.46. The minimum atomic E-state index is 0.0732. The summed E-state index contributed by atoms with van der Waals surface area (Å²) in [6.45, 7) is 14.8. The number of benzene rings is 1. The monoisotopic (exact) mass is 332 g/mol. The lowest BCUT2D eigenvalue weighted by Crippen LogP contribution is -2.56. The maximum atomic E-state index is 5.46. The zero-order valence-corrected chi connectivity index (χ0v) is 15.6. The molecule has 1 aromatic rings. The number of aryl methyl sites for hydroxylation is 1. The molecule has 0 bridgehead atoms. The molecule has 0 aliphatic carbocycles. The maximum absolute atomic E-state index is 5.46. The Kier molecular flexibility index (Phi) is 7.06. The molecule has 1 aliphatic rings. The van der Waals surface area contributed by atoms with Crippen LogP contribution in [0.3, 0.4) is 0 Å². The van der Waals surface area contributed by atoms with E-state index < -0.39 is 0 Å². The second-order valence-corrected chi connectivity index (χ2v) is 6.95. The van der Waals surface area contributed by atoms with E-state index in [1.54, 1.807) is 0 Å². The summed E-state index contributed by atoms with van der Waals surface area (Å²) in [6.07, 6.45) is 0.